The fourth-order valence-corrected chi connectivity index (χ4v) is 4.75. The van der Waals surface area contributed by atoms with E-state index in [0.717, 1.165) is 17.9 Å². The van der Waals surface area contributed by atoms with Crippen LogP contribution in [0.2, 0.25) is 0 Å². The summed E-state index contributed by atoms with van der Waals surface area (Å²) in [5.74, 6) is 1.89. The molecule has 0 amide bonds. The van der Waals surface area contributed by atoms with Crippen LogP contribution in [0.4, 0.5) is 0 Å². The molecule has 1 aromatic carbocycles. The van der Waals surface area contributed by atoms with Gasteiger partial charge in [-0.2, -0.15) is 0 Å². The van der Waals surface area contributed by atoms with E-state index in [0.29, 0.717) is 23.0 Å². The molecule has 20 heavy (non-hydrogen) atoms. The first-order chi connectivity index (χ1) is 9.74. The van der Waals surface area contributed by atoms with E-state index in [1.807, 2.05) is 31.2 Å². The van der Waals surface area contributed by atoms with Gasteiger partial charge in [-0.25, -0.2) is 0 Å². The van der Waals surface area contributed by atoms with Crippen LogP contribution in [-0.4, -0.2) is 17.5 Å². The topological polar surface area (TPSA) is 18.5 Å². The van der Waals surface area contributed by atoms with E-state index in [2.05, 4.69) is 15.9 Å². The highest BCUT2D eigenvalue weighted by molar-refractivity contribution is 9.09. The summed E-state index contributed by atoms with van der Waals surface area (Å²) < 4.78 is 11.7. The predicted octanol–water partition coefficient (Wildman–Crippen LogP) is 4.95. The van der Waals surface area contributed by atoms with E-state index in [9.17, 15) is 0 Å². The van der Waals surface area contributed by atoms with Crippen molar-refractivity contribution in [2.45, 2.75) is 56.4 Å². The molecule has 110 valence electrons. The molecule has 0 saturated heterocycles. The lowest BCUT2D eigenvalue weighted by molar-refractivity contribution is -0.0601. The maximum Gasteiger partial charge on any atom is 0.120 e. The summed E-state index contributed by atoms with van der Waals surface area (Å²) in [7, 11) is 0. The van der Waals surface area contributed by atoms with Crippen LogP contribution < -0.4 is 9.47 Å². The van der Waals surface area contributed by atoms with Gasteiger partial charge in [0.05, 0.1) is 6.61 Å². The highest BCUT2D eigenvalue weighted by Gasteiger charge is 2.55. The van der Waals surface area contributed by atoms with Crippen LogP contribution in [0.25, 0.3) is 0 Å². The van der Waals surface area contributed by atoms with E-state index in [1.54, 1.807) is 0 Å². The van der Waals surface area contributed by atoms with Crippen LogP contribution in [0.3, 0.4) is 0 Å². The van der Waals surface area contributed by atoms with Gasteiger partial charge in [0, 0.05) is 10.2 Å². The number of ether oxygens (including phenoxy) is 2. The number of hydrogen-bond donors (Lipinski definition) is 0. The summed E-state index contributed by atoms with van der Waals surface area (Å²) >= 11 is 3.86. The van der Waals surface area contributed by atoms with E-state index in [4.69, 9.17) is 9.47 Å². The average molecular weight is 339 g/mol. The molecule has 0 heterocycles. The van der Waals surface area contributed by atoms with Gasteiger partial charge in [0.15, 0.2) is 0 Å². The van der Waals surface area contributed by atoms with Gasteiger partial charge in [-0.05, 0) is 50.5 Å². The minimum absolute atomic E-state index is 0.380. The van der Waals surface area contributed by atoms with Crippen molar-refractivity contribution in [1.82, 2.24) is 0 Å². The summed E-state index contributed by atoms with van der Waals surface area (Å²) in [5.41, 5.74) is 0.386. The van der Waals surface area contributed by atoms with Crippen LogP contribution in [0.15, 0.2) is 24.3 Å². The van der Waals surface area contributed by atoms with E-state index >= 15 is 0 Å². The van der Waals surface area contributed by atoms with Gasteiger partial charge in [0.25, 0.3) is 0 Å². The summed E-state index contributed by atoms with van der Waals surface area (Å²) in [4.78, 5) is 0.642. The maximum absolute atomic E-state index is 6.26. The third-order valence-electron chi connectivity index (χ3n) is 4.88. The Labute approximate surface area is 130 Å². The molecule has 0 aromatic heterocycles. The molecule has 2 aliphatic rings. The van der Waals surface area contributed by atoms with Crippen LogP contribution >= 0.6 is 15.9 Å². The molecule has 2 saturated carbocycles. The largest absolute Gasteiger partial charge is 0.494 e. The number of alkyl halides is 1. The summed E-state index contributed by atoms with van der Waals surface area (Å²) in [5, 5.41) is 0. The Morgan fingerprint density at radius 3 is 2.35 bits per heavy atom. The highest BCUT2D eigenvalue weighted by atomic mass is 79.9. The van der Waals surface area contributed by atoms with Crippen molar-refractivity contribution in [1.29, 1.82) is 0 Å². The van der Waals surface area contributed by atoms with Crippen molar-refractivity contribution in [3.8, 4) is 11.5 Å². The van der Waals surface area contributed by atoms with Gasteiger partial charge in [-0.1, -0.05) is 35.2 Å². The normalized spacial score (nSPS) is 27.9. The van der Waals surface area contributed by atoms with Gasteiger partial charge < -0.3 is 9.47 Å². The molecular weight excluding hydrogens is 316 g/mol. The summed E-state index contributed by atoms with van der Waals surface area (Å²) in [6.07, 6.45) is 8.22. The van der Waals surface area contributed by atoms with Crippen LogP contribution in [0.5, 0.6) is 11.5 Å². The van der Waals surface area contributed by atoms with Crippen molar-refractivity contribution < 1.29 is 9.47 Å². The molecule has 2 atom stereocenters. The van der Waals surface area contributed by atoms with Crippen molar-refractivity contribution in [3.05, 3.63) is 24.3 Å². The lowest BCUT2D eigenvalue weighted by Gasteiger charge is -2.55. The van der Waals surface area contributed by atoms with Gasteiger partial charge in [-0.3, -0.25) is 0 Å². The van der Waals surface area contributed by atoms with Crippen molar-refractivity contribution in [2.24, 2.45) is 5.41 Å². The number of rotatable bonds is 4. The Morgan fingerprint density at radius 1 is 1.10 bits per heavy atom. The molecular formula is C17H23BrO2. The molecule has 3 rings (SSSR count). The Morgan fingerprint density at radius 2 is 1.75 bits per heavy atom. The Hall–Kier alpha value is -0.700. The van der Waals surface area contributed by atoms with E-state index in [-0.39, 0.29) is 0 Å². The second kappa shape index (κ2) is 5.97. The lowest BCUT2D eigenvalue weighted by atomic mass is 9.58. The van der Waals surface area contributed by atoms with Crippen molar-refractivity contribution in [2.75, 3.05) is 6.61 Å². The highest BCUT2D eigenvalue weighted by Crippen LogP contribution is 2.56. The van der Waals surface area contributed by atoms with Gasteiger partial charge in [-0.15, -0.1) is 0 Å². The van der Waals surface area contributed by atoms with Gasteiger partial charge in [0.1, 0.15) is 17.6 Å². The summed E-state index contributed by atoms with van der Waals surface area (Å²) in [6, 6.07) is 8.06. The Balaban J connectivity index is 1.65. The molecule has 2 unspecified atom stereocenters. The van der Waals surface area contributed by atoms with Crippen molar-refractivity contribution >= 4 is 15.9 Å². The Kier molecular flexibility index (Phi) is 4.25. The summed E-state index contributed by atoms with van der Waals surface area (Å²) in [6.45, 7) is 2.71. The van der Waals surface area contributed by atoms with E-state index < -0.39 is 0 Å². The second-order valence-electron chi connectivity index (χ2n) is 6.01. The first kappa shape index (κ1) is 14.2. The maximum atomic E-state index is 6.26. The molecule has 3 heteroatoms. The zero-order valence-electron chi connectivity index (χ0n) is 12.1. The fraction of sp³-hybridized carbons (Fsp3) is 0.647. The quantitative estimate of drug-likeness (QED) is 0.723. The zero-order valence-corrected chi connectivity index (χ0v) is 13.7. The lowest BCUT2D eigenvalue weighted by Crippen LogP contribution is -2.57. The first-order valence-corrected chi connectivity index (χ1v) is 8.70. The molecule has 0 radical (unpaired) electrons. The number of hydrogen-bond acceptors (Lipinski definition) is 2. The average Bonchev–Trinajstić information content (AvgIpc) is 2.50. The monoisotopic (exact) mass is 338 g/mol. The molecule has 0 aliphatic heterocycles. The molecule has 2 fully saturated rings. The third-order valence-corrected chi connectivity index (χ3v) is 6.17. The molecule has 0 bridgehead atoms. The van der Waals surface area contributed by atoms with Crippen molar-refractivity contribution in [3.63, 3.8) is 0 Å². The van der Waals surface area contributed by atoms with Gasteiger partial charge >= 0.3 is 0 Å². The first-order valence-electron chi connectivity index (χ1n) is 7.78. The number of halogens is 1. The van der Waals surface area contributed by atoms with Crippen LogP contribution in [-0.2, 0) is 0 Å². The minimum Gasteiger partial charge on any atom is -0.494 e. The fourth-order valence-electron chi connectivity index (χ4n) is 3.65. The van der Waals surface area contributed by atoms with Crippen LogP contribution in [0, 0.1) is 5.41 Å². The standard InChI is InChI=1S/C17H23BrO2/c1-2-19-13-6-8-14(9-7-13)20-16-12-15(18)17(16)10-4-3-5-11-17/h6-9,15-16H,2-5,10-12H2,1H3. The molecule has 0 N–H and O–H groups in total. The van der Waals surface area contributed by atoms with Gasteiger partial charge in [0.2, 0.25) is 0 Å². The zero-order chi connectivity index (χ0) is 14.0. The van der Waals surface area contributed by atoms with E-state index in [1.165, 1.54) is 32.1 Å². The smallest absolute Gasteiger partial charge is 0.120 e. The molecule has 1 aromatic rings. The second-order valence-corrected chi connectivity index (χ2v) is 7.11. The Bertz CT molecular complexity index is 437. The predicted molar refractivity (Wildman–Crippen MR) is 84.9 cm³/mol. The third kappa shape index (κ3) is 2.57. The molecule has 2 aliphatic carbocycles. The molecule has 2 nitrogen and oxygen atoms in total. The minimum atomic E-state index is 0.380. The van der Waals surface area contributed by atoms with Crippen LogP contribution in [0.1, 0.15) is 45.4 Å². The molecule has 1 spiro atoms. The number of benzene rings is 1. The SMILES string of the molecule is CCOc1ccc(OC2CC(Br)C23CCCCC3)cc1.